The molecule has 1 aromatic heterocycles. The zero-order chi connectivity index (χ0) is 19.1. The molecule has 27 heavy (non-hydrogen) atoms. The normalized spacial score (nSPS) is 14.3. The monoisotopic (exact) mass is 406 g/mol. The van der Waals surface area contributed by atoms with Gasteiger partial charge in [-0.2, -0.15) is 0 Å². The van der Waals surface area contributed by atoms with Gasteiger partial charge in [-0.1, -0.05) is 29.8 Å². The fourth-order valence-corrected chi connectivity index (χ4v) is 3.89. The smallest absolute Gasteiger partial charge is 0.227 e. The average Bonchev–Trinajstić information content (AvgIpc) is 3.19. The standard InChI is InChI=1S/C20H23ClN2O3S/c21-17-6-1-2-7-18(17)26-13-3-8-19(24)22-9-11-23(12-10-22)20(25)15-16-5-4-14-27-16/h1-2,4-7,14H,3,8-13,15H2. The average molecular weight is 407 g/mol. The van der Waals surface area contributed by atoms with Crippen molar-refractivity contribution < 1.29 is 14.3 Å². The molecule has 0 unspecified atom stereocenters. The van der Waals surface area contributed by atoms with Crippen LogP contribution in [-0.4, -0.2) is 54.4 Å². The van der Waals surface area contributed by atoms with Crippen molar-refractivity contribution in [2.75, 3.05) is 32.8 Å². The van der Waals surface area contributed by atoms with E-state index in [1.165, 1.54) is 0 Å². The number of carbonyl (C=O) groups excluding carboxylic acids is 2. The second-order valence-corrected chi connectivity index (χ2v) is 7.84. The molecule has 1 saturated heterocycles. The number of nitrogens with zero attached hydrogens (tertiary/aromatic N) is 2. The first kappa shape index (κ1) is 19.7. The number of ether oxygens (including phenoxy) is 1. The van der Waals surface area contributed by atoms with Gasteiger partial charge in [0.15, 0.2) is 0 Å². The van der Waals surface area contributed by atoms with E-state index in [0.29, 0.717) is 62.8 Å². The van der Waals surface area contributed by atoms with E-state index in [1.54, 1.807) is 17.4 Å². The molecule has 144 valence electrons. The molecule has 1 fully saturated rings. The summed E-state index contributed by atoms with van der Waals surface area (Å²) in [6.45, 7) is 2.85. The van der Waals surface area contributed by atoms with Crippen molar-refractivity contribution in [1.82, 2.24) is 9.80 Å². The molecule has 1 aliphatic rings. The van der Waals surface area contributed by atoms with Crippen LogP contribution >= 0.6 is 22.9 Å². The van der Waals surface area contributed by atoms with Gasteiger partial charge in [0.1, 0.15) is 5.75 Å². The SMILES string of the molecule is O=C(CCCOc1ccccc1Cl)N1CCN(C(=O)Cc2cccs2)CC1. The van der Waals surface area contributed by atoms with Crippen LogP contribution in [0, 0.1) is 0 Å². The number of hydrogen-bond acceptors (Lipinski definition) is 4. The first-order chi connectivity index (χ1) is 13.1. The number of para-hydroxylation sites is 1. The summed E-state index contributed by atoms with van der Waals surface area (Å²) in [5.74, 6) is 0.894. The van der Waals surface area contributed by atoms with E-state index in [1.807, 2.05) is 45.5 Å². The molecule has 2 heterocycles. The lowest BCUT2D eigenvalue weighted by Crippen LogP contribution is -2.50. The molecule has 2 amide bonds. The second-order valence-electron chi connectivity index (χ2n) is 6.40. The minimum Gasteiger partial charge on any atom is -0.492 e. The third-order valence-electron chi connectivity index (χ3n) is 4.52. The molecule has 2 aromatic rings. The highest BCUT2D eigenvalue weighted by atomic mass is 35.5. The number of hydrogen-bond donors (Lipinski definition) is 0. The number of thiophene rings is 1. The first-order valence-corrected chi connectivity index (χ1v) is 10.3. The van der Waals surface area contributed by atoms with E-state index in [2.05, 4.69) is 0 Å². The Morgan fingerprint density at radius 2 is 1.70 bits per heavy atom. The summed E-state index contributed by atoms with van der Waals surface area (Å²) in [7, 11) is 0. The molecule has 0 aliphatic carbocycles. The van der Waals surface area contributed by atoms with Gasteiger partial charge in [-0.05, 0) is 30.0 Å². The molecule has 7 heteroatoms. The molecule has 0 bridgehead atoms. The Balaban J connectivity index is 1.34. The van der Waals surface area contributed by atoms with E-state index >= 15 is 0 Å². The highest BCUT2D eigenvalue weighted by molar-refractivity contribution is 7.10. The predicted octanol–water partition coefficient (Wildman–Crippen LogP) is 3.47. The maximum absolute atomic E-state index is 12.4. The quantitative estimate of drug-likeness (QED) is 0.661. The molecule has 0 atom stereocenters. The first-order valence-electron chi connectivity index (χ1n) is 9.09. The second kappa shape index (κ2) is 9.76. The summed E-state index contributed by atoms with van der Waals surface area (Å²) in [5, 5.41) is 2.56. The lowest BCUT2D eigenvalue weighted by Gasteiger charge is -2.34. The minimum atomic E-state index is 0.114. The third-order valence-corrected chi connectivity index (χ3v) is 5.71. The van der Waals surface area contributed by atoms with E-state index in [4.69, 9.17) is 16.3 Å². The largest absolute Gasteiger partial charge is 0.492 e. The van der Waals surface area contributed by atoms with Crippen molar-refractivity contribution in [2.45, 2.75) is 19.3 Å². The molecular weight excluding hydrogens is 384 g/mol. The summed E-state index contributed by atoms with van der Waals surface area (Å²) in [6.07, 6.45) is 1.53. The van der Waals surface area contributed by atoms with E-state index in [0.717, 1.165) is 4.88 Å². The minimum absolute atomic E-state index is 0.114. The van der Waals surface area contributed by atoms with Gasteiger partial charge in [0.2, 0.25) is 11.8 Å². The summed E-state index contributed by atoms with van der Waals surface area (Å²) >= 11 is 7.64. The maximum atomic E-state index is 12.4. The molecule has 0 N–H and O–H groups in total. The molecule has 0 radical (unpaired) electrons. The Labute approximate surface area is 168 Å². The van der Waals surface area contributed by atoms with Gasteiger partial charge in [-0.3, -0.25) is 9.59 Å². The summed E-state index contributed by atoms with van der Waals surface area (Å²) in [4.78, 5) is 29.4. The van der Waals surface area contributed by atoms with Crippen molar-refractivity contribution in [3.63, 3.8) is 0 Å². The van der Waals surface area contributed by atoms with Gasteiger partial charge in [0, 0.05) is 37.5 Å². The van der Waals surface area contributed by atoms with Crippen LogP contribution in [0.2, 0.25) is 5.02 Å². The lowest BCUT2D eigenvalue weighted by molar-refractivity contribution is -0.139. The van der Waals surface area contributed by atoms with E-state index in [9.17, 15) is 9.59 Å². The van der Waals surface area contributed by atoms with Crippen LogP contribution in [0.1, 0.15) is 17.7 Å². The van der Waals surface area contributed by atoms with Crippen molar-refractivity contribution in [3.05, 3.63) is 51.7 Å². The Bertz CT molecular complexity index is 758. The van der Waals surface area contributed by atoms with Crippen LogP contribution in [0.25, 0.3) is 0 Å². The number of benzene rings is 1. The number of halogens is 1. The van der Waals surface area contributed by atoms with Crippen molar-refractivity contribution in [2.24, 2.45) is 0 Å². The van der Waals surface area contributed by atoms with Crippen LogP contribution in [-0.2, 0) is 16.0 Å². The van der Waals surface area contributed by atoms with Crippen LogP contribution in [0.3, 0.4) is 0 Å². The molecule has 5 nitrogen and oxygen atoms in total. The van der Waals surface area contributed by atoms with Gasteiger partial charge in [0.05, 0.1) is 18.1 Å². The number of piperazine rings is 1. The zero-order valence-electron chi connectivity index (χ0n) is 15.1. The highest BCUT2D eigenvalue weighted by Crippen LogP contribution is 2.23. The predicted molar refractivity (Wildman–Crippen MR) is 107 cm³/mol. The lowest BCUT2D eigenvalue weighted by atomic mass is 10.2. The molecule has 0 saturated carbocycles. The zero-order valence-corrected chi connectivity index (χ0v) is 16.7. The van der Waals surface area contributed by atoms with Crippen LogP contribution in [0.5, 0.6) is 5.75 Å². The number of rotatable bonds is 7. The molecular formula is C20H23ClN2O3S. The van der Waals surface area contributed by atoms with Gasteiger partial charge in [0.25, 0.3) is 0 Å². The molecule has 3 rings (SSSR count). The fraction of sp³-hybridized carbons (Fsp3) is 0.400. The van der Waals surface area contributed by atoms with Crippen molar-refractivity contribution in [1.29, 1.82) is 0 Å². The van der Waals surface area contributed by atoms with E-state index < -0.39 is 0 Å². The van der Waals surface area contributed by atoms with Gasteiger partial charge >= 0.3 is 0 Å². The Hall–Kier alpha value is -2.05. The van der Waals surface area contributed by atoms with Crippen LogP contribution in [0.4, 0.5) is 0 Å². The number of amides is 2. The topological polar surface area (TPSA) is 49.9 Å². The highest BCUT2D eigenvalue weighted by Gasteiger charge is 2.24. The Morgan fingerprint density at radius 1 is 1.00 bits per heavy atom. The number of carbonyl (C=O) groups is 2. The molecule has 0 spiro atoms. The van der Waals surface area contributed by atoms with Crippen LogP contribution in [0.15, 0.2) is 41.8 Å². The van der Waals surface area contributed by atoms with E-state index in [-0.39, 0.29) is 11.8 Å². The van der Waals surface area contributed by atoms with Gasteiger partial charge in [-0.25, -0.2) is 0 Å². The Morgan fingerprint density at radius 3 is 2.37 bits per heavy atom. The van der Waals surface area contributed by atoms with Crippen LogP contribution < -0.4 is 4.74 Å². The summed E-state index contributed by atoms with van der Waals surface area (Å²) in [6, 6.07) is 11.2. The third kappa shape index (κ3) is 5.71. The van der Waals surface area contributed by atoms with Gasteiger partial charge in [-0.15, -0.1) is 11.3 Å². The summed E-state index contributed by atoms with van der Waals surface area (Å²) in [5.41, 5.74) is 0. The molecule has 1 aliphatic heterocycles. The van der Waals surface area contributed by atoms with Crippen molar-refractivity contribution in [3.8, 4) is 5.75 Å². The summed E-state index contributed by atoms with van der Waals surface area (Å²) < 4.78 is 5.62. The molecule has 1 aromatic carbocycles. The fourth-order valence-electron chi connectivity index (χ4n) is 3.00. The Kier molecular flexibility index (Phi) is 7.12. The maximum Gasteiger partial charge on any atom is 0.227 e. The van der Waals surface area contributed by atoms with Gasteiger partial charge < -0.3 is 14.5 Å². The van der Waals surface area contributed by atoms with Crippen molar-refractivity contribution >= 4 is 34.8 Å².